The fraction of sp³-hybridized carbons (Fsp3) is 0.333. The molecule has 0 saturated carbocycles. The molecule has 2 rings (SSSR count). The van der Waals surface area contributed by atoms with Gasteiger partial charge in [-0.25, -0.2) is 0 Å². The van der Waals surface area contributed by atoms with Crippen molar-refractivity contribution < 1.29 is 0 Å². The van der Waals surface area contributed by atoms with Crippen molar-refractivity contribution in [2.24, 2.45) is 11.8 Å². The van der Waals surface area contributed by atoms with Crippen molar-refractivity contribution in [1.29, 1.82) is 0 Å². The van der Waals surface area contributed by atoms with Crippen molar-refractivity contribution in [2.75, 3.05) is 0 Å². The number of rotatable bonds is 0. The van der Waals surface area contributed by atoms with Gasteiger partial charge in [0.25, 0.3) is 0 Å². The maximum atomic E-state index is 2.33. The Balaban J connectivity index is 2.19. The van der Waals surface area contributed by atoms with Crippen LogP contribution in [-0.2, 0) is 0 Å². The highest BCUT2D eigenvalue weighted by Crippen LogP contribution is 2.27. The molecule has 0 heterocycles. The molecule has 62 valence electrons. The van der Waals surface area contributed by atoms with E-state index in [4.69, 9.17) is 0 Å². The Labute approximate surface area is 74.0 Å². The summed E-state index contributed by atoms with van der Waals surface area (Å²) in [5.74, 6) is 1.44. The van der Waals surface area contributed by atoms with Gasteiger partial charge in [0.2, 0.25) is 0 Å². The molecule has 0 aromatic carbocycles. The third kappa shape index (κ3) is 1.58. The summed E-state index contributed by atoms with van der Waals surface area (Å²) in [6, 6.07) is 0. The molecule has 0 fully saturated rings. The molecule has 0 aliphatic heterocycles. The lowest BCUT2D eigenvalue weighted by Crippen LogP contribution is -2.07. The molecular weight excluding hydrogens is 144 g/mol. The van der Waals surface area contributed by atoms with Gasteiger partial charge in [-0.05, 0) is 24.7 Å². The monoisotopic (exact) mass is 158 g/mol. The lowest BCUT2D eigenvalue weighted by molar-refractivity contribution is 0.489. The van der Waals surface area contributed by atoms with Crippen molar-refractivity contribution in [3.05, 3.63) is 48.6 Å². The second-order valence-electron chi connectivity index (χ2n) is 3.43. The molecule has 2 atom stereocenters. The van der Waals surface area contributed by atoms with E-state index < -0.39 is 0 Å². The minimum absolute atomic E-state index is 0.718. The summed E-state index contributed by atoms with van der Waals surface area (Å²) in [6.07, 6.45) is 20.2. The maximum absolute atomic E-state index is 2.33. The molecule has 0 amide bonds. The molecule has 2 aliphatic rings. The normalized spacial score (nSPS) is 32.7. The third-order valence-corrected chi connectivity index (χ3v) is 2.58. The van der Waals surface area contributed by atoms with Gasteiger partial charge in [0.15, 0.2) is 0 Å². The van der Waals surface area contributed by atoms with E-state index in [0.29, 0.717) is 0 Å². The molecular formula is C12H14. The second-order valence-corrected chi connectivity index (χ2v) is 3.43. The fourth-order valence-electron chi connectivity index (χ4n) is 1.83. The van der Waals surface area contributed by atoms with E-state index in [2.05, 4.69) is 48.6 Å². The van der Waals surface area contributed by atoms with Crippen LogP contribution in [0.5, 0.6) is 0 Å². The van der Waals surface area contributed by atoms with Crippen LogP contribution in [0.15, 0.2) is 48.6 Å². The van der Waals surface area contributed by atoms with Crippen LogP contribution < -0.4 is 0 Å². The van der Waals surface area contributed by atoms with Gasteiger partial charge in [0.1, 0.15) is 0 Å². The molecule has 0 aromatic rings. The van der Waals surface area contributed by atoms with E-state index in [-0.39, 0.29) is 0 Å². The largest absolute Gasteiger partial charge is 0.0839 e. The molecule has 0 spiro atoms. The van der Waals surface area contributed by atoms with Crippen LogP contribution in [0.25, 0.3) is 0 Å². The lowest BCUT2D eigenvalue weighted by Gasteiger charge is -2.16. The van der Waals surface area contributed by atoms with E-state index in [9.17, 15) is 0 Å². The Bertz CT molecular complexity index is 225. The Hall–Kier alpha value is -1.04. The summed E-state index contributed by atoms with van der Waals surface area (Å²) in [7, 11) is 0. The molecule has 0 radical (unpaired) electrons. The molecule has 0 aromatic heterocycles. The number of fused-ring (bicyclic) bond motifs is 1. The molecule has 2 aliphatic carbocycles. The van der Waals surface area contributed by atoms with Crippen molar-refractivity contribution in [1.82, 2.24) is 0 Å². The molecule has 0 nitrogen and oxygen atoms in total. The van der Waals surface area contributed by atoms with E-state index in [1.54, 1.807) is 0 Å². The minimum atomic E-state index is 0.718. The highest BCUT2D eigenvalue weighted by Gasteiger charge is 2.15. The Morgan fingerprint density at radius 1 is 0.667 bits per heavy atom. The van der Waals surface area contributed by atoms with Crippen LogP contribution in [0.3, 0.4) is 0 Å². The van der Waals surface area contributed by atoms with Gasteiger partial charge in [-0.2, -0.15) is 0 Å². The van der Waals surface area contributed by atoms with E-state index in [1.807, 2.05) is 0 Å². The van der Waals surface area contributed by atoms with Gasteiger partial charge in [-0.3, -0.25) is 0 Å². The first-order chi connectivity index (χ1) is 5.97. The van der Waals surface area contributed by atoms with E-state index in [0.717, 1.165) is 11.8 Å². The molecule has 12 heavy (non-hydrogen) atoms. The number of hydrogen-bond donors (Lipinski definition) is 0. The Morgan fingerprint density at radius 2 is 1.17 bits per heavy atom. The Kier molecular flexibility index (Phi) is 2.26. The molecule has 2 unspecified atom stereocenters. The SMILES string of the molecule is C1=CCC2C=CC=CCC2C=C1. The first-order valence-corrected chi connectivity index (χ1v) is 4.63. The predicted octanol–water partition coefficient (Wildman–Crippen LogP) is 3.25. The molecule has 0 N–H and O–H groups in total. The van der Waals surface area contributed by atoms with Crippen LogP contribution in [0.2, 0.25) is 0 Å². The van der Waals surface area contributed by atoms with Crippen LogP contribution >= 0.6 is 0 Å². The van der Waals surface area contributed by atoms with E-state index >= 15 is 0 Å². The van der Waals surface area contributed by atoms with Crippen LogP contribution in [-0.4, -0.2) is 0 Å². The highest BCUT2D eigenvalue weighted by molar-refractivity contribution is 5.18. The van der Waals surface area contributed by atoms with Gasteiger partial charge in [-0.15, -0.1) is 0 Å². The average Bonchev–Trinajstić information content (AvgIpc) is 2.38. The van der Waals surface area contributed by atoms with Crippen molar-refractivity contribution in [3.63, 3.8) is 0 Å². The van der Waals surface area contributed by atoms with Crippen molar-refractivity contribution >= 4 is 0 Å². The average molecular weight is 158 g/mol. The van der Waals surface area contributed by atoms with Crippen molar-refractivity contribution in [3.8, 4) is 0 Å². The summed E-state index contributed by atoms with van der Waals surface area (Å²) in [6.45, 7) is 0. The van der Waals surface area contributed by atoms with Gasteiger partial charge < -0.3 is 0 Å². The third-order valence-electron chi connectivity index (χ3n) is 2.58. The summed E-state index contributed by atoms with van der Waals surface area (Å²) >= 11 is 0. The minimum Gasteiger partial charge on any atom is -0.0839 e. The molecule has 0 saturated heterocycles. The quantitative estimate of drug-likeness (QED) is 0.507. The first kappa shape index (κ1) is 7.60. The fourth-order valence-corrected chi connectivity index (χ4v) is 1.83. The smallest absolute Gasteiger partial charge is 0.0130 e. The Morgan fingerprint density at radius 3 is 1.67 bits per heavy atom. The summed E-state index contributed by atoms with van der Waals surface area (Å²) in [5, 5.41) is 0. The number of hydrogen-bond acceptors (Lipinski definition) is 0. The topological polar surface area (TPSA) is 0 Å². The van der Waals surface area contributed by atoms with Gasteiger partial charge in [0, 0.05) is 0 Å². The second kappa shape index (κ2) is 3.57. The maximum Gasteiger partial charge on any atom is -0.0130 e. The van der Waals surface area contributed by atoms with Gasteiger partial charge in [-0.1, -0.05) is 48.6 Å². The predicted molar refractivity (Wildman–Crippen MR) is 52.8 cm³/mol. The summed E-state index contributed by atoms with van der Waals surface area (Å²) in [5.41, 5.74) is 0. The molecule has 0 heteroatoms. The zero-order chi connectivity index (χ0) is 8.23. The van der Waals surface area contributed by atoms with Gasteiger partial charge >= 0.3 is 0 Å². The molecule has 0 bridgehead atoms. The van der Waals surface area contributed by atoms with Crippen LogP contribution in [0.1, 0.15) is 12.8 Å². The van der Waals surface area contributed by atoms with Crippen molar-refractivity contribution in [2.45, 2.75) is 12.8 Å². The number of allylic oxidation sites excluding steroid dienone is 8. The highest BCUT2D eigenvalue weighted by atomic mass is 14.2. The lowest BCUT2D eigenvalue weighted by atomic mass is 9.88. The van der Waals surface area contributed by atoms with Crippen LogP contribution in [0, 0.1) is 11.8 Å². The van der Waals surface area contributed by atoms with Crippen LogP contribution in [0.4, 0.5) is 0 Å². The standard InChI is InChI=1S/C12H14/c1-3-7-11-9-5-2-6-10-12(11)8-4-1/h1-7,10-12H,8-9H2. The van der Waals surface area contributed by atoms with Gasteiger partial charge in [0.05, 0.1) is 0 Å². The zero-order valence-corrected chi connectivity index (χ0v) is 7.19. The summed E-state index contributed by atoms with van der Waals surface area (Å²) in [4.78, 5) is 0. The first-order valence-electron chi connectivity index (χ1n) is 4.63. The summed E-state index contributed by atoms with van der Waals surface area (Å²) < 4.78 is 0. The van der Waals surface area contributed by atoms with E-state index in [1.165, 1.54) is 12.8 Å². The zero-order valence-electron chi connectivity index (χ0n) is 7.19.